The zero-order valence-electron chi connectivity index (χ0n) is 23.1. The van der Waals surface area contributed by atoms with Crippen LogP contribution in [0.25, 0.3) is 22.9 Å². The van der Waals surface area contributed by atoms with Crippen molar-refractivity contribution < 1.29 is 18.8 Å². The van der Waals surface area contributed by atoms with Crippen molar-refractivity contribution in [1.82, 2.24) is 30.4 Å². The number of nitrogens with one attached hydrogen (secondary N) is 1. The van der Waals surface area contributed by atoms with E-state index in [0.717, 1.165) is 28.7 Å². The number of tetrazole rings is 1. The van der Waals surface area contributed by atoms with Crippen molar-refractivity contribution in [2.75, 3.05) is 13.1 Å². The highest BCUT2D eigenvalue weighted by Gasteiger charge is 2.34. The van der Waals surface area contributed by atoms with Crippen LogP contribution in [0.2, 0.25) is 5.02 Å². The van der Waals surface area contributed by atoms with Crippen LogP contribution in [0.4, 0.5) is 4.39 Å². The van der Waals surface area contributed by atoms with Gasteiger partial charge in [0.15, 0.2) is 11.6 Å². The van der Waals surface area contributed by atoms with Crippen molar-refractivity contribution in [3.05, 3.63) is 100 Å². The molecule has 214 valence electrons. The van der Waals surface area contributed by atoms with Crippen molar-refractivity contribution in [3.8, 4) is 16.8 Å². The molecule has 0 bridgehead atoms. The Morgan fingerprint density at radius 2 is 1.90 bits per heavy atom. The number of amides is 2. The van der Waals surface area contributed by atoms with Crippen LogP contribution in [-0.4, -0.2) is 55.8 Å². The van der Waals surface area contributed by atoms with Crippen LogP contribution in [0.5, 0.6) is 0 Å². The lowest BCUT2D eigenvalue weighted by molar-refractivity contribution is -0.135. The second-order valence-electron chi connectivity index (χ2n) is 9.88. The Labute approximate surface area is 247 Å². The number of halogens is 2. The lowest BCUT2D eigenvalue weighted by atomic mass is 9.85. The highest BCUT2D eigenvalue weighted by Crippen LogP contribution is 2.37. The van der Waals surface area contributed by atoms with E-state index in [1.54, 1.807) is 18.2 Å². The third-order valence-corrected chi connectivity index (χ3v) is 7.47. The molecule has 3 aromatic carbocycles. The van der Waals surface area contributed by atoms with Crippen LogP contribution in [0.15, 0.2) is 67.0 Å². The largest absolute Gasteiger partial charge is 0.352 e. The van der Waals surface area contributed by atoms with Gasteiger partial charge in [-0.1, -0.05) is 48.9 Å². The number of nitrogens with zero attached hydrogens (tertiary/aromatic N) is 5. The first-order valence-corrected chi connectivity index (χ1v) is 13.9. The first-order valence-electron chi connectivity index (χ1n) is 13.5. The third-order valence-electron chi connectivity index (χ3n) is 7.18. The minimum absolute atomic E-state index is 0.0362. The number of hydrogen-bond donors (Lipinski definition) is 1. The maximum absolute atomic E-state index is 15.0. The van der Waals surface area contributed by atoms with Crippen molar-refractivity contribution in [2.24, 2.45) is 0 Å². The molecule has 0 spiro atoms. The molecule has 0 radical (unpaired) electrons. The minimum atomic E-state index is -0.812. The molecule has 0 saturated heterocycles. The van der Waals surface area contributed by atoms with Crippen LogP contribution in [0.1, 0.15) is 53.4 Å². The van der Waals surface area contributed by atoms with Gasteiger partial charge in [0.25, 0.3) is 5.91 Å². The lowest BCUT2D eigenvalue weighted by Gasteiger charge is -2.36. The van der Waals surface area contributed by atoms with Gasteiger partial charge in [-0.25, -0.2) is 4.39 Å². The van der Waals surface area contributed by atoms with Gasteiger partial charge in [-0.15, -0.1) is 5.10 Å². The second-order valence-corrected chi connectivity index (χ2v) is 10.3. The van der Waals surface area contributed by atoms with Crippen LogP contribution < -0.4 is 5.32 Å². The molecule has 2 heterocycles. The number of rotatable bonds is 8. The quantitative estimate of drug-likeness (QED) is 0.291. The summed E-state index contributed by atoms with van der Waals surface area (Å²) in [6, 6.07) is 15.1. The van der Waals surface area contributed by atoms with Crippen LogP contribution in [0, 0.1) is 5.82 Å². The summed E-state index contributed by atoms with van der Waals surface area (Å²) in [6.07, 6.45) is 5.22. The molecule has 1 unspecified atom stereocenters. The van der Waals surface area contributed by atoms with Gasteiger partial charge in [0.1, 0.15) is 12.4 Å². The first kappa shape index (κ1) is 28.8. The fraction of sp³-hybridized carbons (Fsp3) is 0.226. The molecule has 11 heteroatoms. The summed E-state index contributed by atoms with van der Waals surface area (Å²) < 4.78 is 16.3. The second kappa shape index (κ2) is 12.4. The fourth-order valence-electron chi connectivity index (χ4n) is 5.19. The van der Waals surface area contributed by atoms with Crippen molar-refractivity contribution in [2.45, 2.75) is 32.7 Å². The number of fused-ring (bicyclic) bond motifs is 1. The molecular weight excluding hydrogens is 559 g/mol. The zero-order valence-corrected chi connectivity index (χ0v) is 23.8. The van der Waals surface area contributed by atoms with Crippen LogP contribution in [0.3, 0.4) is 0 Å². The van der Waals surface area contributed by atoms with Crippen LogP contribution in [-0.2, 0) is 16.0 Å². The normalized spacial score (nSPS) is 14.6. The van der Waals surface area contributed by atoms with Gasteiger partial charge >= 0.3 is 0 Å². The van der Waals surface area contributed by atoms with Gasteiger partial charge in [-0.2, -0.15) is 4.68 Å². The molecule has 2 amide bonds. The van der Waals surface area contributed by atoms with Gasteiger partial charge < -0.3 is 10.2 Å². The Hall–Kier alpha value is -4.70. The Kier molecular flexibility index (Phi) is 8.53. The molecule has 4 aromatic rings. The van der Waals surface area contributed by atoms with Crippen molar-refractivity contribution in [1.29, 1.82) is 0 Å². The molecule has 1 N–H and O–H groups in total. The number of aromatic nitrogens is 4. The van der Waals surface area contributed by atoms with E-state index in [2.05, 4.69) is 20.8 Å². The smallest absolute Gasteiger partial charge is 0.251 e. The minimum Gasteiger partial charge on any atom is -0.352 e. The molecule has 1 aliphatic rings. The van der Waals surface area contributed by atoms with E-state index in [4.69, 9.17) is 11.6 Å². The lowest BCUT2D eigenvalue weighted by Crippen LogP contribution is -2.42. The number of benzene rings is 3. The number of carbonyl (C=O) groups is 3. The topological polar surface area (TPSA) is 110 Å². The molecular formula is C31H28ClFN6O3. The summed E-state index contributed by atoms with van der Waals surface area (Å²) in [5.74, 6) is -1.49. The number of Topliss-reactive ketones (excluding diaryl/α,β-unsaturated/α-hetero) is 1. The molecule has 0 saturated carbocycles. The van der Waals surface area contributed by atoms with Crippen molar-refractivity contribution >= 4 is 35.3 Å². The van der Waals surface area contributed by atoms with E-state index in [1.165, 1.54) is 41.1 Å². The maximum Gasteiger partial charge on any atom is 0.251 e. The summed E-state index contributed by atoms with van der Waals surface area (Å²) in [6.45, 7) is 4.34. The van der Waals surface area contributed by atoms with E-state index in [-0.39, 0.29) is 28.8 Å². The summed E-state index contributed by atoms with van der Waals surface area (Å²) in [4.78, 5) is 40.2. The number of hydrogen-bond acceptors (Lipinski definition) is 6. The van der Waals surface area contributed by atoms with Gasteiger partial charge in [0, 0.05) is 30.3 Å². The Morgan fingerprint density at radius 3 is 2.60 bits per heavy atom. The van der Waals surface area contributed by atoms with Gasteiger partial charge in [0.2, 0.25) is 5.91 Å². The summed E-state index contributed by atoms with van der Waals surface area (Å²) in [5, 5.41) is 13.7. The average Bonchev–Trinajstić information content (AvgIpc) is 3.54. The van der Waals surface area contributed by atoms with E-state index < -0.39 is 17.8 Å². The van der Waals surface area contributed by atoms with E-state index in [1.807, 2.05) is 37.3 Å². The predicted octanol–water partition coefficient (Wildman–Crippen LogP) is 4.99. The van der Waals surface area contributed by atoms with Crippen LogP contribution >= 0.6 is 11.6 Å². The van der Waals surface area contributed by atoms with Gasteiger partial charge in [-0.3, -0.25) is 14.4 Å². The SMILES string of the molecule is CCCNC(=O)c1ccc(-c2cccc3c2CCN(C(=O)C=Cc2c(-n4cnnn4)ccc(Cl)c2F)C3C(C)=O)cc1. The Balaban J connectivity index is 1.44. The number of ketones is 1. The number of carbonyl (C=O) groups excluding carboxylic acids is 3. The highest BCUT2D eigenvalue weighted by atomic mass is 35.5. The fourth-order valence-corrected chi connectivity index (χ4v) is 5.36. The van der Waals surface area contributed by atoms with E-state index in [0.29, 0.717) is 24.2 Å². The zero-order chi connectivity index (χ0) is 29.8. The molecule has 42 heavy (non-hydrogen) atoms. The Bertz CT molecular complexity index is 1670. The Morgan fingerprint density at radius 1 is 1.12 bits per heavy atom. The average molecular weight is 587 g/mol. The molecule has 9 nitrogen and oxygen atoms in total. The van der Waals surface area contributed by atoms with E-state index in [9.17, 15) is 14.4 Å². The summed E-state index contributed by atoms with van der Waals surface area (Å²) in [5.41, 5.74) is 4.46. The summed E-state index contributed by atoms with van der Waals surface area (Å²) in [7, 11) is 0. The molecule has 1 aliphatic heterocycles. The maximum atomic E-state index is 15.0. The molecule has 1 aromatic heterocycles. The monoisotopic (exact) mass is 586 g/mol. The molecule has 0 fully saturated rings. The molecule has 1 atom stereocenters. The standard InChI is InChI=1S/C31H28ClFN6O3/c1-3-16-34-31(42)21-9-7-20(8-10-21)22-5-4-6-24-23(22)15-17-38(30(24)19(2)40)28(41)14-11-25-27(39-18-35-36-37-39)13-12-26(32)29(25)33/h4-14,18,30H,3,15-17H2,1-2H3,(H,34,42). The highest BCUT2D eigenvalue weighted by molar-refractivity contribution is 6.31. The van der Waals surface area contributed by atoms with Gasteiger partial charge in [-0.05, 0) is 82.8 Å². The van der Waals surface area contributed by atoms with Gasteiger partial charge in [0.05, 0.1) is 10.7 Å². The predicted molar refractivity (Wildman–Crippen MR) is 156 cm³/mol. The first-order chi connectivity index (χ1) is 20.3. The van der Waals surface area contributed by atoms with E-state index >= 15 is 4.39 Å². The third kappa shape index (κ3) is 5.71. The summed E-state index contributed by atoms with van der Waals surface area (Å²) >= 11 is 6.01. The molecule has 5 rings (SSSR count). The van der Waals surface area contributed by atoms with Crippen molar-refractivity contribution in [3.63, 3.8) is 0 Å². The molecule has 0 aliphatic carbocycles.